The third-order valence-corrected chi connectivity index (χ3v) is 3.81. The maximum absolute atomic E-state index is 5.50. The van der Waals surface area contributed by atoms with Crippen molar-refractivity contribution in [1.29, 1.82) is 0 Å². The predicted molar refractivity (Wildman–Crippen MR) is 56.0 cm³/mol. The minimum Gasteiger partial charge on any atom is -0.375 e. The molecule has 0 radical (unpaired) electrons. The first-order chi connectivity index (χ1) is 6.34. The van der Waals surface area contributed by atoms with Gasteiger partial charge in [0.15, 0.2) is 9.47 Å². The molecule has 4 nitrogen and oxygen atoms in total. The maximum atomic E-state index is 5.50. The van der Waals surface area contributed by atoms with E-state index in [4.69, 9.17) is 5.73 Å². The lowest BCUT2D eigenvalue weighted by Gasteiger charge is -1.90. The lowest BCUT2D eigenvalue weighted by Crippen LogP contribution is -1.84. The van der Waals surface area contributed by atoms with Crippen molar-refractivity contribution in [3.63, 3.8) is 0 Å². The van der Waals surface area contributed by atoms with Gasteiger partial charge in [0.1, 0.15) is 6.33 Å². The summed E-state index contributed by atoms with van der Waals surface area (Å²) >= 11 is 4.48. The van der Waals surface area contributed by atoms with Gasteiger partial charge in [0, 0.05) is 11.1 Å². The van der Waals surface area contributed by atoms with Crippen molar-refractivity contribution in [2.75, 3.05) is 5.73 Å². The first-order valence-electron chi connectivity index (χ1n) is 3.44. The number of anilines is 1. The molecule has 68 valence electrons. The van der Waals surface area contributed by atoms with E-state index in [1.54, 1.807) is 18.1 Å². The molecular formula is C6H6N4S3. The second kappa shape index (κ2) is 4.03. The van der Waals surface area contributed by atoms with Gasteiger partial charge in [0.25, 0.3) is 0 Å². The highest BCUT2D eigenvalue weighted by atomic mass is 32.2. The summed E-state index contributed by atoms with van der Waals surface area (Å²) in [4.78, 5) is 8.19. The molecular weight excluding hydrogens is 224 g/mol. The number of nitrogen functional groups attached to an aromatic ring is 1. The molecule has 0 spiro atoms. The average molecular weight is 230 g/mol. The third-order valence-electron chi connectivity index (χ3n) is 1.25. The van der Waals surface area contributed by atoms with Crippen LogP contribution in [0.15, 0.2) is 16.0 Å². The van der Waals surface area contributed by atoms with Crippen molar-refractivity contribution in [3.05, 3.63) is 17.4 Å². The largest absolute Gasteiger partial charge is 0.375 e. The molecule has 0 bridgehead atoms. The van der Waals surface area contributed by atoms with Crippen LogP contribution >= 0.6 is 34.6 Å². The summed E-state index contributed by atoms with van der Waals surface area (Å²) in [7, 11) is 0. The Bertz CT molecular complexity index is 369. The third kappa shape index (κ3) is 2.39. The van der Waals surface area contributed by atoms with Crippen LogP contribution in [0.1, 0.15) is 5.69 Å². The Balaban J connectivity index is 1.93. The molecule has 0 aliphatic rings. The molecule has 0 amide bonds. The molecule has 0 atom stereocenters. The Hall–Kier alpha value is -0.660. The zero-order valence-electron chi connectivity index (χ0n) is 6.51. The first kappa shape index (κ1) is 8.92. The second-order valence-corrected chi connectivity index (χ2v) is 5.07. The zero-order valence-corrected chi connectivity index (χ0v) is 8.96. The van der Waals surface area contributed by atoms with E-state index >= 15 is 0 Å². The quantitative estimate of drug-likeness (QED) is 0.815. The lowest BCUT2D eigenvalue weighted by molar-refractivity contribution is 1.19. The van der Waals surface area contributed by atoms with Gasteiger partial charge in [-0.3, -0.25) is 0 Å². The van der Waals surface area contributed by atoms with Crippen molar-refractivity contribution in [1.82, 2.24) is 14.3 Å². The van der Waals surface area contributed by atoms with Crippen LogP contribution in [0.3, 0.4) is 0 Å². The highest BCUT2D eigenvalue weighted by Crippen LogP contribution is 2.24. The van der Waals surface area contributed by atoms with Crippen molar-refractivity contribution < 1.29 is 0 Å². The number of hydrogen-bond donors (Lipinski definition) is 1. The monoisotopic (exact) mass is 230 g/mol. The second-order valence-electron chi connectivity index (χ2n) is 2.17. The molecule has 7 heteroatoms. The predicted octanol–water partition coefficient (Wildman–Crippen LogP) is 1.87. The van der Waals surface area contributed by atoms with E-state index in [9.17, 15) is 0 Å². The number of thiazole rings is 1. The fourth-order valence-electron chi connectivity index (χ4n) is 0.751. The smallest absolute Gasteiger partial charge is 0.180 e. The average Bonchev–Trinajstić information content (AvgIpc) is 2.71. The molecule has 13 heavy (non-hydrogen) atoms. The number of thioether (sulfide) groups is 1. The highest BCUT2D eigenvalue weighted by molar-refractivity contribution is 8.00. The number of aromatic nitrogens is 3. The van der Waals surface area contributed by atoms with Crippen LogP contribution in [-0.2, 0) is 5.75 Å². The first-order valence-corrected chi connectivity index (χ1v) is 6.08. The van der Waals surface area contributed by atoms with Gasteiger partial charge in [0.05, 0.1) is 5.69 Å². The Morgan fingerprint density at radius 1 is 1.54 bits per heavy atom. The topological polar surface area (TPSA) is 64.7 Å². The molecule has 2 heterocycles. The highest BCUT2D eigenvalue weighted by Gasteiger charge is 2.01. The van der Waals surface area contributed by atoms with Crippen molar-refractivity contribution in [2.24, 2.45) is 0 Å². The van der Waals surface area contributed by atoms with Gasteiger partial charge in [-0.1, -0.05) is 11.8 Å². The summed E-state index contributed by atoms with van der Waals surface area (Å²) in [5, 5.41) is 2.58. The van der Waals surface area contributed by atoms with E-state index in [-0.39, 0.29) is 0 Å². The van der Waals surface area contributed by atoms with E-state index in [1.807, 2.05) is 5.38 Å². The molecule has 0 aromatic carbocycles. The lowest BCUT2D eigenvalue weighted by atomic mass is 10.6. The van der Waals surface area contributed by atoms with Crippen molar-refractivity contribution in [2.45, 2.75) is 10.1 Å². The van der Waals surface area contributed by atoms with E-state index in [2.05, 4.69) is 14.3 Å². The summed E-state index contributed by atoms with van der Waals surface area (Å²) in [6.07, 6.45) is 1.56. The van der Waals surface area contributed by atoms with Gasteiger partial charge in [0.2, 0.25) is 0 Å². The zero-order chi connectivity index (χ0) is 9.10. The van der Waals surface area contributed by atoms with Crippen molar-refractivity contribution >= 4 is 39.8 Å². The minimum atomic E-state index is 0.618. The Morgan fingerprint density at radius 3 is 3.08 bits per heavy atom. The summed E-state index contributed by atoms with van der Waals surface area (Å²) in [6, 6.07) is 0. The summed E-state index contributed by atoms with van der Waals surface area (Å²) in [6.45, 7) is 0. The van der Waals surface area contributed by atoms with E-state index in [1.165, 1.54) is 22.9 Å². The molecule has 2 rings (SSSR count). The number of hydrogen-bond acceptors (Lipinski definition) is 7. The van der Waals surface area contributed by atoms with Gasteiger partial charge in [-0.15, -0.1) is 11.3 Å². The number of nitrogens with two attached hydrogens (primary N) is 1. The van der Waals surface area contributed by atoms with Crippen LogP contribution in [0.2, 0.25) is 0 Å². The SMILES string of the molecule is Nc1nc(CSc2ncns2)cs1. The molecule has 2 aromatic rings. The van der Waals surface area contributed by atoms with Crippen LogP contribution in [0.5, 0.6) is 0 Å². The Morgan fingerprint density at radius 2 is 2.46 bits per heavy atom. The Kier molecular flexibility index (Phi) is 2.77. The summed E-state index contributed by atoms with van der Waals surface area (Å²) in [5.74, 6) is 0.808. The molecule has 2 N–H and O–H groups in total. The molecule has 0 saturated carbocycles. The maximum Gasteiger partial charge on any atom is 0.180 e. The van der Waals surface area contributed by atoms with Gasteiger partial charge >= 0.3 is 0 Å². The summed E-state index contributed by atoms with van der Waals surface area (Å²) < 4.78 is 4.87. The molecule has 0 aliphatic carbocycles. The fourth-order valence-corrected chi connectivity index (χ4v) is 2.76. The van der Waals surface area contributed by atoms with Crippen LogP contribution < -0.4 is 5.73 Å². The van der Waals surface area contributed by atoms with Gasteiger partial charge in [-0.2, -0.15) is 4.37 Å². The van der Waals surface area contributed by atoms with Crippen molar-refractivity contribution in [3.8, 4) is 0 Å². The van der Waals surface area contributed by atoms with E-state index in [0.29, 0.717) is 5.13 Å². The minimum absolute atomic E-state index is 0.618. The standard InChI is InChI=1S/C6H6N4S3/c7-5-10-4(1-11-5)2-12-6-8-3-9-13-6/h1,3H,2H2,(H2,7,10). The van der Waals surface area contributed by atoms with Crippen LogP contribution in [-0.4, -0.2) is 14.3 Å². The molecule has 0 aliphatic heterocycles. The molecule has 0 unspecified atom stereocenters. The molecule has 0 saturated heterocycles. The fraction of sp³-hybridized carbons (Fsp3) is 0.167. The van der Waals surface area contributed by atoms with E-state index in [0.717, 1.165) is 15.8 Å². The van der Waals surface area contributed by atoms with Gasteiger partial charge in [-0.05, 0) is 11.5 Å². The number of rotatable bonds is 3. The normalized spacial score (nSPS) is 10.5. The molecule has 0 fully saturated rings. The van der Waals surface area contributed by atoms with Crippen LogP contribution in [0.25, 0.3) is 0 Å². The van der Waals surface area contributed by atoms with Crippen LogP contribution in [0.4, 0.5) is 5.13 Å². The van der Waals surface area contributed by atoms with Gasteiger partial charge in [-0.25, -0.2) is 9.97 Å². The summed E-state index contributed by atoms with van der Waals surface area (Å²) in [5.41, 5.74) is 6.50. The number of nitrogens with zero attached hydrogens (tertiary/aromatic N) is 3. The van der Waals surface area contributed by atoms with E-state index < -0.39 is 0 Å². The Labute approximate surface area is 87.4 Å². The van der Waals surface area contributed by atoms with Gasteiger partial charge < -0.3 is 5.73 Å². The molecule has 2 aromatic heterocycles. The van der Waals surface area contributed by atoms with Crippen LogP contribution in [0, 0.1) is 0 Å².